The van der Waals surface area contributed by atoms with Crippen molar-refractivity contribution < 1.29 is 0 Å². The summed E-state index contributed by atoms with van der Waals surface area (Å²) < 4.78 is 0. The lowest BCUT2D eigenvalue weighted by molar-refractivity contribution is 1.12. The molecule has 2 aromatic rings. The maximum absolute atomic E-state index is 8.95. The fourth-order valence-electron chi connectivity index (χ4n) is 2.16. The Balaban J connectivity index is 2.09. The summed E-state index contributed by atoms with van der Waals surface area (Å²) in [5, 5.41) is 8.95. The van der Waals surface area contributed by atoms with Crippen LogP contribution >= 0.6 is 11.8 Å². The van der Waals surface area contributed by atoms with Gasteiger partial charge in [-0.05, 0) is 41.3 Å². The Bertz CT molecular complexity index is 611. The van der Waals surface area contributed by atoms with Crippen LogP contribution in [0.1, 0.15) is 22.3 Å². The Kier molecular flexibility index (Phi) is 2.62. The number of thioether (sulfide) groups is 1. The lowest BCUT2D eigenvalue weighted by Crippen LogP contribution is -1.92. The molecule has 2 heteroatoms. The summed E-state index contributed by atoms with van der Waals surface area (Å²) >= 11 is 1.86. The number of nitrogens with zero attached hydrogens (tertiary/aromatic N) is 1. The van der Waals surface area contributed by atoms with E-state index < -0.39 is 0 Å². The monoisotopic (exact) mass is 237 g/mol. The molecule has 0 atom stereocenters. The standard InChI is InChI=1S/C15H11NS/c16-9-11-5-6-15-14(7-11)8-12-3-1-2-4-13(12)10-17-15/h1-7H,8,10H2. The molecule has 0 bridgehead atoms. The van der Waals surface area contributed by atoms with Gasteiger partial charge in [-0.15, -0.1) is 11.8 Å². The van der Waals surface area contributed by atoms with Gasteiger partial charge in [0.05, 0.1) is 11.6 Å². The molecule has 0 aliphatic carbocycles. The van der Waals surface area contributed by atoms with E-state index in [-0.39, 0.29) is 0 Å². The highest BCUT2D eigenvalue weighted by Gasteiger charge is 2.13. The minimum absolute atomic E-state index is 0.753. The van der Waals surface area contributed by atoms with Crippen LogP contribution in [0.3, 0.4) is 0 Å². The number of nitriles is 1. The van der Waals surface area contributed by atoms with E-state index in [4.69, 9.17) is 5.26 Å². The number of hydrogen-bond acceptors (Lipinski definition) is 2. The Hall–Kier alpha value is -1.72. The molecule has 0 spiro atoms. The van der Waals surface area contributed by atoms with Gasteiger partial charge in [0.1, 0.15) is 0 Å². The topological polar surface area (TPSA) is 23.8 Å². The molecule has 82 valence electrons. The lowest BCUT2D eigenvalue weighted by atomic mass is 10.00. The summed E-state index contributed by atoms with van der Waals surface area (Å²) in [5.41, 5.74) is 4.82. The molecule has 0 saturated carbocycles. The molecule has 3 rings (SSSR count). The number of fused-ring (bicyclic) bond motifs is 2. The Morgan fingerprint density at radius 3 is 2.65 bits per heavy atom. The van der Waals surface area contributed by atoms with Crippen molar-refractivity contribution >= 4 is 11.8 Å². The maximum Gasteiger partial charge on any atom is 0.0991 e. The van der Waals surface area contributed by atoms with E-state index >= 15 is 0 Å². The van der Waals surface area contributed by atoms with Gasteiger partial charge in [0.15, 0.2) is 0 Å². The molecule has 1 aliphatic rings. The molecule has 17 heavy (non-hydrogen) atoms. The molecule has 0 amide bonds. The summed E-state index contributed by atoms with van der Waals surface area (Å²) in [6.45, 7) is 0. The lowest BCUT2D eigenvalue weighted by Gasteiger charge is -2.05. The fraction of sp³-hybridized carbons (Fsp3) is 0.133. The highest BCUT2D eigenvalue weighted by atomic mass is 32.2. The number of benzene rings is 2. The van der Waals surface area contributed by atoms with E-state index in [9.17, 15) is 0 Å². The third-order valence-corrected chi connectivity index (χ3v) is 4.24. The smallest absolute Gasteiger partial charge is 0.0991 e. The van der Waals surface area contributed by atoms with Crippen molar-refractivity contribution in [1.82, 2.24) is 0 Å². The van der Waals surface area contributed by atoms with Crippen molar-refractivity contribution in [1.29, 1.82) is 5.26 Å². The third kappa shape index (κ3) is 1.94. The van der Waals surface area contributed by atoms with Crippen LogP contribution in [0.15, 0.2) is 47.4 Å². The zero-order chi connectivity index (χ0) is 11.7. The zero-order valence-corrected chi connectivity index (χ0v) is 10.1. The molecule has 0 N–H and O–H groups in total. The second-order valence-electron chi connectivity index (χ2n) is 4.17. The van der Waals surface area contributed by atoms with Crippen molar-refractivity contribution in [2.45, 2.75) is 17.1 Å². The molecular weight excluding hydrogens is 226 g/mol. The van der Waals surface area contributed by atoms with Gasteiger partial charge in [0, 0.05) is 10.6 Å². The van der Waals surface area contributed by atoms with Crippen LogP contribution in [-0.4, -0.2) is 0 Å². The molecule has 1 aliphatic heterocycles. The first-order valence-electron chi connectivity index (χ1n) is 5.59. The summed E-state index contributed by atoms with van der Waals surface area (Å²) in [6.07, 6.45) is 0.939. The zero-order valence-electron chi connectivity index (χ0n) is 9.31. The van der Waals surface area contributed by atoms with Crippen LogP contribution in [0, 0.1) is 11.3 Å². The Morgan fingerprint density at radius 1 is 1.00 bits per heavy atom. The molecule has 0 unspecified atom stereocenters. The van der Waals surface area contributed by atoms with Gasteiger partial charge in [-0.1, -0.05) is 24.3 Å². The average molecular weight is 237 g/mol. The molecular formula is C15H11NS. The van der Waals surface area contributed by atoms with Gasteiger partial charge in [-0.2, -0.15) is 5.26 Å². The van der Waals surface area contributed by atoms with E-state index in [0.717, 1.165) is 17.7 Å². The molecule has 1 nitrogen and oxygen atoms in total. The van der Waals surface area contributed by atoms with Gasteiger partial charge >= 0.3 is 0 Å². The molecule has 0 radical (unpaired) electrons. The van der Waals surface area contributed by atoms with E-state index in [1.807, 2.05) is 23.9 Å². The summed E-state index contributed by atoms with van der Waals surface area (Å²) in [7, 11) is 0. The van der Waals surface area contributed by atoms with Crippen LogP contribution in [0.2, 0.25) is 0 Å². The normalized spacial score (nSPS) is 13.1. The fourth-order valence-corrected chi connectivity index (χ4v) is 3.23. The first-order valence-corrected chi connectivity index (χ1v) is 6.58. The van der Waals surface area contributed by atoms with E-state index in [0.29, 0.717) is 0 Å². The first kappa shape index (κ1) is 10.4. The van der Waals surface area contributed by atoms with Gasteiger partial charge < -0.3 is 0 Å². The van der Waals surface area contributed by atoms with Gasteiger partial charge in [0.2, 0.25) is 0 Å². The van der Waals surface area contributed by atoms with Crippen molar-refractivity contribution in [2.24, 2.45) is 0 Å². The predicted octanol–water partition coefficient (Wildman–Crippen LogP) is 3.75. The van der Waals surface area contributed by atoms with E-state index in [1.54, 1.807) is 0 Å². The van der Waals surface area contributed by atoms with Crippen LogP contribution < -0.4 is 0 Å². The van der Waals surface area contributed by atoms with Crippen molar-refractivity contribution in [2.75, 3.05) is 0 Å². The number of hydrogen-bond donors (Lipinski definition) is 0. The van der Waals surface area contributed by atoms with Crippen molar-refractivity contribution in [3.63, 3.8) is 0 Å². The molecule has 0 aromatic heterocycles. The van der Waals surface area contributed by atoms with Crippen LogP contribution in [0.5, 0.6) is 0 Å². The third-order valence-electron chi connectivity index (χ3n) is 3.07. The van der Waals surface area contributed by atoms with Gasteiger partial charge in [0.25, 0.3) is 0 Å². The second-order valence-corrected chi connectivity index (χ2v) is 5.19. The van der Waals surface area contributed by atoms with Crippen LogP contribution in [0.25, 0.3) is 0 Å². The minimum Gasteiger partial charge on any atom is -0.192 e. The van der Waals surface area contributed by atoms with Crippen molar-refractivity contribution in [3.8, 4) is 6.07 Å². The van der Waals surface area contributed by atoms with Crippen LogP contribution in [0.4, 0.5) is 0 Å². The first-order chi connectivity index (χ1) is 8.36. The van der Waals surface area contributed by atoms with Crippen molar-refractivity contribution in [3.05, 3.63) is 64.7 Å². The predicted molar refractivity (Wildman–Crippen MR) is 70.0 cm³/mol. The van der Waals surface area contributed by atoms with Crippen LogP contribution in [-0.2, 0) is 12.2 Å². The molecule has 0 saturated heterocycles. The maximum atomic E-state index is 8.95. The highest BCUT2D eigenvalue weighted by molar-refractivity contribution is 7.98. The average Bonchev–Trinajstić information content (AvgIpc) is 2.56. The molecule has 1 heterocycles. The summed E-state index contributed by atoms with van der Waals surface area (Å²) in [4.78, 5) is 1.31. The summed E-state index contributed by atoms with van der Waals surface area (Å²) in [6, 6.07) is 16.8. The second kappa shape index (κ2) is 4.27. The largest absolute Gasteiger partial charge is 0.192 e. The molecule has 0 fully saturated rings. The SMILES string of the molecule is N#Cc1ccc2c(c1)Cc1ccccc1CS2. The quantitative estimate of drug-likeness (QED) is 0.696. The minimum atomic E-state index is 0.753. The highest BCUT2D eigenvalue weighted by Crippen LogP contribution is 2.33. The summed E-state index contributed by atoms with van der Waals surface area (Å²) in [5.74, 6) is 1.02. The Labute approximate surface area is 105 Å². The van der Waals surface area contributed by atoms with Gasteiger partial charge in [-0.25, -0.2) is 0 Å². The number of rotatable bonds is 0. The molecule has 2 aromatic carbocycles. The van der Waals surface area contributed by atoms with E-state index in [1.165, 1.54) is 21.6 Å². The Morgan fingerprint density at radius 2 is 1.82 bits per heavy atom. The van der Waals surface area contributed by atoms with Gasteiger partial charge in [-0.3, -0.25) is 0 Å². The van der Waals surface area contributed by atoms with E-state index in [2.05, 4.69) is 36.4 Å².